The molecule has 24 heavy (non-hydrogen) atoms. The first-order valence-corrected chi connectivity index (χ1v) is 7.99. The van der Waals surface area contributed by atoms with E-state index >= 15 is 0 Å². The number of nitrogens with two attached hydrogens (primary N) is 2. The number of hydrogen-bond acceptors (Lipinski definition) is 8. The molecule has 0 unspecified atom stereocenters. The summed E-state index contributed by atoms with van der Waals surface area (Å²) in [4.78, 5) is 12.1. The fourth-order valence-electron chi connectivity index (χ4n) is 2.30. The number of nitrogens with zero attached hydrogens (tertiary/aromatic N) is 3. The Morgan fingerprint density at radius 3 is 3.08 bits per heavy atom. The summed E-state index contributed by atoms with van der Waals surface area (Å²) in [5, 5.41) is 8.78. The average molecular weight is 332 g/mol. The van der Waals surface area contributed by atoms with Crippen molar-refractivity contribution in [3.63, 3.8) is 0 Å². The van der Waals surface area contributed by atoms with E-state index < -0.39 is 0 Å². The van der Waals surface area contributed by atoms with Crippen LogP contribution in [0, 0.1) is 5.92 Å². The highest BCUT2D eigenvalue weighted by Gasteiger charge is 2.21. The number of H-pyrrole nitrogens is 1. The molecule has 2 aromatic rings. The lowest BCUT2D eigenvalue weighted by molar-refractivity contribution is 0.169. The number of ether oxygens (including phenoxy) is 1. The Morgan fingerprint density at radius 2 is 2.33 bits per heavy atom. The topological polar surface area (TPSA) is 130 Å². The van der Waals surface area contributed by atoms with E-state index in [1.54, 1.807) is 13.3 Å². The molecule has 0 amide bonds. The quantitative estimate of drug-likeness (QED) is 0.336. The van der Waals surface area contributed by atoms with Crippen molar-refractivity contribution < 1.29 is 4.74 Å². The van der Waals surface area contributed by atoms with E-state index in [2.05, 4.69) is 25.6 Å². The van der Waals surface area contributed by atoms with Gasteiger partial charge in [0.2, 0.25) is 5.95 Å². The number of aromatic amines is 1. The van der Waals surface area contributed by atoms with E-state index in [9.17, 15) is 0 Å². The van der Waals surface area contributed by atoms with E-state index in [4.69, 9.17) is 16.3 Å². The van der Waals surface area contributed by atoms with Crippen LogP contribution < -0.4 is 22.2 Å². The van der Waals surface area contributed by atoms with Crippen molar-refractivity contribution in [2.24, 2.45) is 17.5 Å². The highest BCUT2D eigenvalue weighted by atomic mass is 16.5. The Balaban J connectivity index is 1.72. The maximum absolute atomic E-state index is 5.96. The van der Waals surface area contributed by atoms with Gasteiger partial charge in [0.1, 0.15) is 17.3 Å². The SMILES string of the molecule is COCCN(N)/C=C(\N)Nc1nc(NCC2CC2)c2cc[nH]c2n1. The van der Waals surface area contributed by atoms with Crippen LogP contribution in [0.1, 0.15) is 12.8 Å². The minimum Gasteiger partial charge on any atom is -0.384 e. The summed E-state index contributed by atoms with van der Waals surface area (Å²) in [5.41, 5.74) is 6.71. The summed E-state index contributed by atoms with van der Waals surface area (Å²) >= 11 is 0. The van der Waals surface area contributed by atoms with Gasteiger partial charge in [0.05, 0.1) is 24.7 Å². The molecule has 0 radical (unpaired) electrons. The van der Waals surface area contributed by atoms with Gasteiger partial charge < -0.3 is 31.1 Å². The minimum absolute atomic E-state index is 0.354. The second kappa shape index (κ2) is 7.37. The van der Waals surface area contributed by atoms with Gasteiger partial charge in [-0.1, -0.05) is 0 Å². The van der Waals surface area contributed by atoms with Crippen molar-refractivity contribution in [3.05, 3.63) is 24.3 Å². The van der Waals surface area contributed by atoms with Crippen molar-refractivity contribution in [2.75, 3.05) is 37.4 Å². The van der Waals surface area contributed by atoms with Gasteiger partial charge in [-0.25, -0.2) is 5.84 Å². The lowest BCUT2D eigenvalue weighted by Gasteiger charge is -2.15. The van der Waals surface area contributed by atoms with Crippen molar-refractivity contribution in [2.45, 2.75) is 12.8 Å². The third kappa shape index (κ3) is 4.27. The Kier molecular flexibility index (Phi) is 5.02. The molecule has 2 aromatic heterocycles. The molecule has 9 nitrogen and oxygen atoms in total. The molecule has 9 heteroatoms. The van der Waals surface area contributed by atoms with Crippen LogP contribution in [0.5, 0.6) is 0 Å². The van der Waals surface area contributed by atoms with Crippen LogP contribution in [-0.2, 0) is 4.74 Å². The molecule has 1 aliphatic carbocycles. The first-order chi connectivity index (χ1) is 11.7. The van der Waals surface area contributed by atoms with Crippen molar-refractivity contribution in [1.29, 1.82) is 0 Å². The molecular weight excluding hydrogens is 308 g/mol. The molecule has 0 aromatic carbocycles. The fourth-order valence-corrected chi connectivity index (χ4v) is 2.30. The van der Waals surface area contributed by atoms with Crippen LogP contribution in [-0.4, -0.2) is 46.8 Å². The summed E-state index contributed by atoms with van der Waals surface area (Å²) in [6.45, 7) is 1.97. The molecule has 130 valence electrons. The number of fused-ring (bicyclic) bond motifs is 1. The van der Waals surface area contributed by atoms with Gasteiger partial charge >= 0.3 is 0 Å². The Hall–Kier alpha value is -2.52. The number of rotatable bonds is 9. The van der Waals surface area contributed by atoms with Crippen molar-refractivity contribution in [1.82, 2.24) is 20.0 Å². The summed E-state index contributed by atoms with van der Waals surface area (Å²) in [5.74, 6) is 8.12. The summed E-state index contributed by atoms with van der Waals surface area (Å²) in [6, 6.07) is 1.96. The van der Waals surface area contributed by atoms with Gasteiger partial charge in [-0.15, -0.1) is 0 Å². The Labute approximate surface area is 140 Å². The van der Waals surface area contributed by atoms with Crippen LogP contribution in [0.3, 0.4) is 0 Å². The summed E-state index contributed by atoms with van der Waals surface area (Å²) < 4.78 is 4.97. The average Bonchev–Trinajstić information content (AvgIpc) is 3.26. The van der Waals surface area contributed by atoms with Gasteiger partial charge in [0.25, 0.3) is 0 Å². The molecule has 1 saturated carbocycles. The zero-order chi connectivity index (χ0) is 16.9. The van der Waals surface area contributed by atoms with E-state index in [0.29, 0.717) is 24.9 Å². The predicted molar refractivity (Wildman–Crippen MR) is 93.8 cm³/mol. The summed E-state index contributed by atoms with van der Waals surface area (Å²) in [7, 11) is 1.62. The molecule has 3 rings (SSSR count). The third-order valence-electron chi connectivity index (χ3n) is 3.79. The standard InChI is InChI=1S/C15H24N8O/c1-24-7-6-23(17)9-12(16)20-15-21-13-11(4-5-18-13)14(22-15)19-8-10-2-3-10/h4-5,9-10H,2-3,6-8,16-17H2,1H3,(H3,18,19,20,21,22)/b12-9+. The molecule has 1 fully saturated rings. The zero-order valence-electron chi connectivity index (χ0n) is 13.7. The highest BCUT2D eigenvalue weighted by Crippen LogP contribution is 2.30. The third-order valence-corrected chi connectivity index (χ3v) is 3.79. The van der Waals surface area contributed by atoms with Gasteiger partial charge in [0.15, 0.2) is 0 Å². The zero-order valence-corrected chi connectivity index (χ0v) is 13.7. The van der Waals surface area contributed by atoms with Gasteiger partial charge in [-0.3, -0.25) is 0 Å². The lowest BCUT2D eigenvalue weighted by atomic mass is 10.3. The molecule has 0 saturated heterocycles. The number of hydrazine groups is 1. The number of anilines is 2. The van der Waals surface area contributed by atoms with Crippen LogP contribution >= 0.6 is 0 Å². The first-order valence-electron chi connectivity index (χ1n) is 7.99. The molecular formula is C15H24N8O. The minimum atomic E-state index is 0.354. The number of hydrogen-bond donors (Lipinski definition) is 5. The second-order valence-corrected chi connectivity index (χ2v) is 5.90. The fraction of sp³-hybridized carbons (Fsp3) is 0.467. The molecule has 0 aliphatic heterocycles. The highest BCUT2D eigenvalue weighted by molar-refractivity contribution is 5.88. The largest absolute Gasteiger partial charge is 0.384 e. The van der Waals surface area contributed by atoms with Crippen LogP contribution in [0.25, 0.3) is 11.0 Å². The monoisotopic (exact) mass is 332 g/mol. The van der Waals surface area contributed by atoms with E-state index in [0.717, 1.165) is 29.3 Å². The van der Waals surface area contributed by atoms with Crippen molar-refractivity contribution in [3.8, 4) is 0 Å². The van der Waals surface area contributed by atoms with Crippen molar-refractivity contribution >= 4 is 22.8 Å². The van der Waals surface area contributed by atoms with E-state index in [1.165, 1.54) is 17.9 Å². The molecule has 0 spiro atoms. The number of nitrogens with one attached hydrogen (secondary N) is 3. The smallest absolute Gasteiger partial charge is 0.232 e. The molecule has 0 atom stereocenters. The second-order valence-electron chi connectivity index (χ2n) is 5.90. The Morgan fingerprint density at radius 1 is 1.50 bits per heavy atom. The van der Waals surface area contributed by atoms with Gasteiger partial charge in [-0.2, -0.15) is 9.97 Å². The molecule has 0 bridgehead atoms. The van der Waals surface area contributed by atoms with Gasteiger partial charge in [-0.05, 0) is 24.8 Å². The Bertz CT molecular complexity index is 709. The summed E-state index contributed by atoms with van der Waals surface area (Å²) in [6.07, 6.45) is 5.99. The lowest BCUT2D eigenvalue weighted by Crippen LogP contribution is -2.31. The van der Waals surface area contributed by atoms with Gasteiger partial charge in [0, 0.05) is 19.9 Å². The van der Waals surface area contributed by atoms with Crippen LogP contribution in [0.15, 0.2) is 24.3 Å². The first kappa shape index (κ1) is 16.3. The predicted octanol–water partition coefficient (Wildman–Crippen LogP) is 0.771. The van der Waals surface area contributed by atoms with E-state index in [-0.39, 0.29) is 0 Å². The van der Waals surface area contributed by atoms with E-state index in [1.807, 2.05) is 12.3 Å². The molecule has 2 heterocycles. The normalized spacial score (nSPS) is 14.8. The maximum Gasteiger partial charge on any atom is 0.232 e. The number of methoxy groups -OCH3 is 1. The van der Waals surface area contributed by atoms with Crippen LogP contribution in [0.2, 0.25) is 0 Å². The number of aromatic nitrogens is 3. The van der Waals surface area contributed by atoms with Crippen LogP contribution in [0.4, 0.5) is 11.8 Å². The molecule has 1 aliphatic rings. The maximum atomic E-state index is 5.96. The molecule has 7 N–H and O–H groups in total.